The second-order valence-electron chi connectivity index (χ2n) is 5.78. The van der Waals surface area contributed by atoms with Gasteiger partial charge in [0.25, 0.3) is 0 Å². The van der Waals surface area contributed by atoms with Crippen LogP contribution in [0.2, 0.25) is 10.0 Å². The van der Waals surface area contributed by atoms with E-state index >= 15 is 0 Å². The van der Waals surface area contributed by atoms with E-state index in [-0.39, 0.29) is 16.4 Å². The highest BCUT2D eigenvalue weighted by Crippen LogP contribution is 2.28. The van der Waals surface area contributed by atoms with E-state index in [4.69, 9.17) is 23.2 Å². The molecule has 0 spiro atoms. The van der Waals surface area contributed by atoms with Gasteiger partial charge in [-0.1, -0.05) is 23.2 Å². The lowest BCUT2D eigenvalue weighted by molar-refractivity contribution is -0.135. The second-order valence-corrected chi connectivity index (χ2v) is 6.63. The molecule has 0 aromatic heterocycles. The van der Waals surface area contributed by atoms with Crippen LogP contribution in [0.1, 0.15) is 13.8 Å². The van der Waals surface area contributed by atoms with Gasteiger partial charge in [-0.3, -0.25) is 9.59 Å². The topological polar surface area (TPSA) is 58.2 Å². The first kappa shape index (κ1) is 19.1. The third kappa shape index (κ3) is 4.46. The van der Waals surface area contributed by atoms with Gasteiger partial charge in [0.15, 0.2) is 0 Å². The van der Waals surface area contributed by atoms with Crippen molar-refractivity contribution in [3.05, 3.63) is 58.1 Å². The summed E-state index contributed by atoms with van der Waals surface area (Å²) in [5, 5.41) is 5.39. The van der Waals surface area contributed by atoms with E-state index in [9.17, 15) is 18.4 Å². The summed E-state index contributed by atoms with van der Waals surface area (Å²) in [5.41, 5.74) is -1.55. The van der Waals surface area contributed by atoms with Crippen molar-refractivity contribution < 1.29 is 18.4 Å². The number of nitrogens with one attached hydrogen (secondary N) is 2. The average molecular weight is 387 g/mol. The Bertz CT molecular complexity index is 841. The van der Waals surface area contributed by atoms with Crippen molar-refractivity contribution in [3.8, 4) is 0 Å². The summed E-state index contributed by atoms with van der Waals surface area (Å²) in [4.78, 5) is 24.8. The van der Waals surface area contributed by atoms with Gasteiger partial charge in [-0.2, -0.15) is 0 Å². The molecular formula is C17H14Cl2F2N2O2. The highest BCUT2D eigenvalue weighted by Gasteiger charge is 2.36. The molecule has 2 aromatic rings. The predicted octanol–water partition coefficient (Wildman–Crippen LogP) is 4.88. The van der Waals surface area contributed by atoms with Crippen LogP contribution < -0.4 is 10.6 Å². The van der Waals surface area contributed by atoms with E-state index in [1.165, 1.54) is 26.0 Å². The third-order valence-corrected chi connectivity index (χ3v) is 4.06. The van der Waals surface area contributed by atoms with Crippen molar-refractivity contribution in [2.75, 3.05) is 10.6 Å². The number of amides is 2. The number of carbonyl (C=O) groups excluding carboxylic acids is 2. The number of rotatable bonds is 4. The van der Waals surface area contributed by atoms with E-state index in [0.717, 1.165) is 12.1 Å². The smallest absolute Gasteiger partial charge is 0.239 e. The Morgan fingerprint density at radius 3 is 2.12 bits per heavy atom. The zero-order chi connectivity index (χ0) is 18.8. The van der Waals surface area contributed by atoms with Crippen molar-refractivity contribution in [3.63, 3.8) is 0 Å². The zero-order valence-electron chi connectivity index (χ0n) is 13.3. The number of benzene rings is 2. The van der Waals surface area contributed by atoms with Crippen molar-refractivity contribution in [1.29, 1.82) is 0 Å². The molecule has 0 aliphatic heterocycles. The maximum Gasteiger partial charge on any atom is 0.239 e. The molecule has 0 saturated carbocycles. The first-order valence-electron chi connectivity index (χ1n) is 7.14. The fourth-order valence-corrected chi connectivity index (χ4v) is 2.18. The Labute approximate surface area is 153 Å². The van der Waals surface area contributed by atoms with Crippen LogP contribution in [0.3, 0.4) is 0 Å². The normalized spacial score (nSPS) is 11.1. The van der Waals surface area contributed by atoms with Gasteiger partial charge >= 0.3 is 0 Å². The molecule has 0 heterocycles. The summed E-state index contributed by atoms with van der Waals surface area (Å²) in [6.07, 6.45) is 0. The van der Waals surface area contributed by atoms with Crippen LogP contribution in [0.15, 0.2) is 36.4 Å². The monoisotopic (exact) mass is 386 g/mol. The van der Waals surface area contributed by atoms with Crippen molar-refractivity contribution in [1.82, 2.24) is 0 Å². The van der Waals surface area contributed by atoms with Crippen LogP contribution in [0.4, 0.5) is 20.2 Å². The number of hydrogen-bond donors (Lipinski definition) is 2. The van der Waals surface area contributed by atoms with Crippen molar-refractivity contribution in [2.45, 2.75) is 13.8 Å². The summed E-state index contributed by atoms with van der Waals surface area (Å²) in [5.74, 6) is -3.16. The van der Waals surface area contributed by atoms with E-state index in [1.54, 1.807) is 6.07 Å². The van der Waals surface area contributed by atoms with Gasteiger partial charge in [0, 0.05) is 11.1 Å². The summed E-state index contributed by atoms with van der Waals surface area (Å²) >= 11 is 11.8. The van der Waals surface area contributed by atoms with Gasteiger partial charge < -0.3 is 10.6 Å². The first-order valence-corrected chi connectivity index (χ1v) is 7.90. The van der Waals surface area contributed by atoms with Crippen LogP contribution in [0, 0.1) is 17.0 Å². The van der Waals surface area contributed by atoms with Crippen molar-refractivity contribution in [2.24, 2.45) is 5.41 Å². The van der Waals surface area contributed by atoms with Gasteiger partial charge in [-0.15, -0.1) is 0 Å². The molecule has 132 valence electrons. The lowest BCUT2D eigenvalue weighted by Crippen LogP contribution is -2.41. The molecular weight excluding hydrogens is 373 g/mol. The van der Waals surface area contributed by atoms with Crippen LogP contribution in [0.25, 0.3) is 0 Å². The van der Waals surface area contributed by atoms with Gasteiger partial charge in [0.2, 0.25) is 11.8 Å². The molecule has 4 nitrogen and oxygen atoms in total. The van der Waals surface area contributed by atoms with Gasteiger partial charge in [0.1, 0.15) is 17.0 Å². The summed E-state index contributed by atoms with van der Waals surface area (Å²) in [6, 6.07) is 7.20. The molecule has 0 atom stereocenters. The Balaban J connectivity index is 2.17. The minimum atomic E-state index is -1.56. The SMILES string of the molecule is CC(C)(C(=O)Nc1ccc(F)cc1F)C(=O)Nc1cc(Cl)ccc1Cl. The lowest BCUT2D eigenvalue weighted by Gasteiger charge is -2.23. The van der Waals surface area contributed by atoms with Gasteiger partial charge in [-0.25, -0.2) is 8.78 Å². The zero-order valence-corrected chi connectivity index (χ0v) is 14.8. The van der Waals surface area contributed by atoms with Gasteiger partial charge in [0.05, 0.1) is 16.4 Å². The Kier molecular flexibility index (Phi) is 5.65. The highest BCUT2D eigenvalue weighted by atomic mass is 35.5. The first-order chi connectivity index (χ1) is 11.6. The molecule has 0 aliphatic carbocycles. The third-order valence-electron chi connectivity index (χ3n) is 3.49. The van der Waals surface area contributed by atoms with Crippen LogP contribution in [0.5, 0.6) is 0 Å². The molecule has 2 N–H and O–H groups in total. The predicted molar refractivity (Wildman–Crippen MR) is 93.9 cm³/mol. The quantitative estimate of drug-likeness (QED) is 0.735. The van der Waals surface area contributed by atoms with E-state index < -0.39 is 28.9 Å². The largest absolute Gasteiger partial charge is 0.324 e. The van der Waals surface area contributed by atoms with E-state index in [1.807, 2.05) is 0 Å². The molecule has 8 heteroatoms. The maximum atomic E-state index is 13.7. The number of anilines is 2. The van der Waals surface area contributed by atoms with E-state index in [0.29, 0.717) is 11.1 Å². The highest BCUT2D eigenvalue weighted by molar-refractivity contribution is 6.36. The lowest BCUT2D eigenvalue weighted by atomic mass is 9.90. The second kappa shape index (κ2) is 7.37. The molecule has 0 bridgehead atoms. The molecule has 2 amide bonds. The van der Waals surface area contributed by atoms with Crippen LogP contribution >= 0.6 is 23.2 Å². The van der Waals surface area contributed by atoms with Gasteiger partial charge in [-0.05, 0) is 44.2 Å². The molecule has 0 aliphatic rings. The molecule has 2 rings (SSSR count). The van der Waals surface area contributed by atoms with Crippen LogP contribution in [-0.2, 0) is 9.59 Å². The number of hydrogen-bond acceptors (Lipinski definition) is 2. The molecule has 2 aromatic carbocycles. The number of halogens is 4. The van der Waals surface area contributed by atoms with E-state index in [2.05, 4.69) is 10.6 Å². The Morgan fingerprint density at radius 2 is 1.52 bits per heavy atom. The fraction of sp³-hybridized carbons (Fsp3) is 0.176. The molecule has 0 unspecified atom stereocenters. The van der Waals surface area contributed by atoms with Crippen molar-refractivity contribution >= 4 is 46.4 Å². The summed E-state index contributed by atoms with van der Waals surface area (Å²) in [6.45, 7) is 2.72. The Morgan fingerprint density at radius 1 is 0.920 bits per heavy atom. The molecule has 25 heavy (non-hydrogen) atoms. The fourth-order valence-electron chi connectivity index (χ4n) is 1.84. The Hall–Kier alpha value is -2.18. The molecule has 0 fully saturated rings. The maximum absolute atomic E-state index is 13.7. The number of carbonyl (C=O) groups is 2. The summed E-state index contributed by atoms with van der Waals surface area (Å²) < 4.78 is 26.6. The standard InChI is InChI=1S/C17H14Cl2F2N2O2/c1-17(2,15(24)22-13-6-4-10(20)8-12(13)21)16(25)23-14-7-9(18)3-5-11(14)19/h3-8H,1-2H3,(H,22,24)(H,23,25). The minimum absolute atomic E-state index is 0.229. The summed E-state index contributed by atoms with van der Waals surface area (Å²) in [7, 11) is 0. The molecule has 0 saturated heterocycles. The minimum Gasteiger partial charge on any atom is -0.324 e. The molecule has 0 radical (unpaired) electrons. The average Bonchev–Trinajstić information content (AvgIpc) is 2.53. The van der Waals surface area contributed by atoms with Crippen LogP contribution in [-0.4, -0.2) is 11.8 Å².